The molecule has 1 saturated heterocycles. The fourth-order valence-corrected chi connectivity index (χ4v) is 2.53. The third-order valence-electron chi connectivity index (χ3n) is 3.79. The minimum atomic E-state index is -0.698. The van der Waals surface area contributed by atoms with Gasteiger partial charge in [-0.15, -0.1) is 0 Å². The Labute approximate surface area is 150 Å². The van der Waals surface area contributed by atoms with E-state index in [1.54, 1.807) is 15.6 Å². The second-order valence-electron chi connectivity index (χ2n) is 7.01. The molecule has 9 heteroatoms. The zero-order valence-corrected chi connectivity index (χ0v) is 14.8. The van der Waals surface area contributed by atoms with Gasteiger partial charge in [-0.1, -0.05) is 0 Å². The standard InChI is InChI=1S/C17H20FN5O3/c1-17(2,3)26-16(25)22-9-11(10-22)23-14(5-7-20-23)21-15(24)12-4-6-19-8-13(12)18/h4-8,11H,9-10H2,1-3H3,(H,21,24). The van der Waals surface area contributed by atoms with Crippen LogP contribution in [0.2, 0.25) is 0 Å². The van der Waals surface area contributed by atoms with Crippen molar-refractivity contribution in [2.24, 2.45) is 0 Å². The van der Waals surface area contributed by atoms with E-state index in [1.165, 1.54) is 18.5 Å². The summed E-state index contributed by atoms with van der Waals surface area (Å²) < 4.78 is 20.6. The van der Waals surface area contributed by atoms with E-state index < -0.39 is 17.3 Å². The molecule has 0 unspecified atom stereocenters. The lowest BCUT2D eigenvalue weighted by molar-refractivity contribution is -0.000165. The van der Waals surface area contributed by atoms with Crippen molar-refractivity contribution in [1.82, 2.24) is 19.7 Å². The highest BCUT2D eigenvalue weighted by Crippen LogP contribution is 2.26. The third-order valence-corrected chi connectivity index (χ3v) is 3.79. The maximum Gasteiger partial charge on any atom is 0.410 e. The summed E-state index contributed by atoms with van der Waals surface area (Å²) in [5.41, 5.74) is -0.654. The highest BCUT2D eigenvalue weighted by atomic mass is 19.1. The van der Waals surface area contributed by atoms with E-state index in [-0.39, 0.29) is 17.7 Å². The van der Waals surface area contributed by atoms with Crippen LogP contribution < -0.4 is 5.32 Å². The summed E-state index contributed by atoms with van der Waals surface area (Å²) >= 11 is 0. The fraction of sp³-hybridized carbons (Fsp3) is 0.412. The molecule has 1 fully saturated rings. The molecule has 3 rings (SSSR count). The van der Waals surface area contributed by atoms with Crippen LogP contribution in [0.25, 0.3) is 0 Å². The Bertz CT molecular complexity index is 824. The molecule has 0 radical (unpaired) electrons. The second kappa shape index (κ2) is 6.74. The Morgan fingerprint density at radius 1 is 1.27 bits per heavy atom. The Balaban J connectivity index is 1.63. The predicted octanol–water partition coefficient (Wildman–Crippen LogP) is 2.46. The van der Waals surface area contributed by atoms with E-state index in [1.807, 2.05) is 20.8 Å². The van der Waals surface area contributed by atoms with Crippen LogP contribution in [0.1, 0.15) is 37.2 Å². The fourth-order valence-electron chi connectivity index (χ4n) is 2.53. The van der Waals surface area contributed by atoms with Gasteiger partial charge >= 0.3 is 6.09 Å². The number of rotatable bonds is 3. The van der Waals surface area contributed by atoms with Gasteiger partial charge in [-0.25, -0.2) is 13.9 Å². The lowest BCUT2D eigenvalue weighted by Gasteiger charge is -2.40. The third kappa shape index (κ3) is 3.81. The molecule has 0 atom stereocenters. The van der Waals surface area contributed by atoms with Gasteiger partial charge in [0, 0.05) is 25.4 Å². The van der Waals surface area contributed by atoms with Gasteiger partial charge in [-0.3, -0.25) is 9.78 Å². The van der Waals surface area contributed by atoms with E-state index >= 15 is 0 Å². The summed E-state index contributed by atoms with van der Waals surface area (Å²) in [7, 11) is 0. The zero-order valence-electron chi connectivity index (χ0n) is 14.8. The molecule has 0 spiro atoms. The lowest BCUT2D eigenvalue weighted by atomic mass is 10.1. The molecule has 0 aromatic carbocycles. The van der Waals surface area contributed by atoms with Crippen molar-refractivity contribution in [3.05, 3.63) is 42.1 Å². The molecular weight excluding hydrogens is 341 g/mol. The van der Waals surface area contributed by atoms with Gasteiger partial charge in [-0.2, -0.15) is 5.10 Å². The molecule has 138 valence electrons. The molecule has 2 aromatic heterocycles. The number of pyridine rings is 1. The molecule has 8 nitrogen and oxygen atoms in total. The van der Waals surface area contributed by atoms with Crippen molar-refractivity contribution in [1.29, 1.82) is 0 Å². The monoisotopic (exact) mass is 361 g/mol. The number of nitrogens with zero attached hydrogens (tertiary/aromatic N) is 4. The van der Waals surface area contributed by atoms with Gasteiger partial charge < -0.3 is 15.0 Å². The maximum atomic E-state index is 13.7. The van der Waals surface area contributed by atoms with Crippen molar-refractivity contribution in [2.45, 2.75) is 32.4 Å². The van der Waals surface area contributed by atoms with Crippen LogP contribution in [0.4, 0.5) is 15.0 Å². The van der Waals surface area contributed by atoms with Crippen LogP contribution in [0.15, 0.2) is 30.7 Å². The molecule has 1 aliphatic heterocycles. The van der Waals surface area contributed by atoms with Crippen LogP contribution in [-0.4, -0.2) is 50.4 Å². The van der Waals surface area contributed by atoms with Gasteiger partial charge in [0.05, 0.1) is 24.0 Å². The van der Waals surface area contributed by atoms with Gasteiger partial charge in [-0.05, 0) is 26.8 Å². The Morgan fingerprint density at radius 2 is 2.00 bits per heavy atom. The van der Waals surface area contributed by atoms with Crippen molar-refractivity contribution in [2.75, 3.05) is 18.4 Å². The number of carbonyl (C=O) groups is 2. The van der Waals surface area contributed by atoms with Gasteiger partial charge in [0.25, 0.3) is 5.91 Å². The van der Waals surface area contributed by atoms with Gasteiger partial charge in [0.2, 0.25) is 0 Å². The molecule has 26 heavy (non-hydrogen) atoms. The minimum Gasteiger partial charge on any atom is -0.444 e. The molecule has 0 saturated carbocycles. The number of hydrogen-bond acceptors (Lipinski definition) is 5. The summed E-state index contributed by atoms with van der Waals surface area (Å²) in [6.07, 6.45) is 3.48. The highest BCUT2D eigenvalue weighted by Gasteiger charge is 2.36. The smallest absolute Gasteiger partial charge is 0.410 e. The number of hydrogen-bond donors (Lipinski definition) is 1. The number of anilines is 1. The van der Waals surface area contributed by atoms with Crippen LogP contribution in [0.3, 0.4) is 0 Å². The van der Waals surface area contributed by atoms with Gasteiger partial charge in [0.15, 0.2) is 5.82 Å². The minimum absolute atomic E-state index is 0.0879. The SMILES string of the molecule is CC(C)(C)OC(=O)N1CC(n2nccc2NC(=O)c2ccncc2F)C1. The quantitative estimate of drug-likeness (QED) is 0.907. The normalized spacial score (nSPS) is 14.7. The first kappa shape index (κ1) is 17.8. The van der Waals surface area contributed by atoms with Gasteiger partial charge in [0.1, 0.15) is 11.4 Å². The predicted molar refractivity (Wildman–Crippen MR) is 91.2 cm³/mol. The highest BCUT2D eigenvalue weighted by molar-refractivity contribution is 6.03. The number of aromatic nitrogens is 3. The van der Waals surface area contributed by atoms with Crippen molar-refractivity contribution >= 4 is 17.8 Å². The summed E-state index contributed by atoms with van der Waals surface area (Å²) in [5, 5.41) is 6.83. The van der Waals surface area contributed by atoms with E-state index in [2.05, 4.69) is 15.4 Å². The number of likely N-dealkylation sites (tertiary alicyclic amines) is 1. The maximum absolute atomic E-state index is 13.7. The van der Waals surface area contributed by atoms with E-state index in [9.17, 15) is 14.0 Å². The average Bonchev–Trinajstić information content (AvgIpc) is 2.92. The molecule has 0 bridgehead atoms. The first-order valence-corrected chi connectivity index (χ1v) is 8.17. The zero-order chi connectivity index (χ0) is 18.9. The van der Waals surface area contributed by atoms with Crippen molar-refractivity contribution in [3.8, 4) is 0 Å². The van der Waals surface area contributed by atoms with E-state index in [0.717, 1.165) is 6.20 Å². The summed E-state index contributed by atoms with van der Waals surface area (Å²) in [5.74, 6) is -0.856. The first-order valence-electron chi connectivity index (χ1n) is 8.17. The Hall–Kier alpha value is -2.97. The van der Waals surface area contributed by atoms with Crippen LogP contribution >= 0.6 is 0 Å². The summed E-state index contributed by atoms with van der Waals surface area (Å²) in [6, 6.07) is 2.83. The van der Waals surface area contributed by atoms with Crippen LogP contribution in [0, 0.1) is 5.82 Å². The first-order chi connectivity index (χ1) is 12.2. The van der Waals surface area contributed by atoms with Crippen molar-refractivity contribution < 1.29 is 18.7 Å². The number of ether oxygens (including phenoxy) is 1. The Kier molecular flexibility index (Phi) is 4.62. The molecule has 1 N–H and O–H groups in total. The van der Waals surface area contributed by atoms with E-state index in [0.29, 0.717) is 18.9 Å². The topological polar surface area (TPSA) is 89.4 Å². The molecule has 2 amide bonds. The summed E-state index contributed by atoms with van der Waals surface area (Å²) in [4.78, 5) is 29.4. The average molecular weight is 361 g/mol. The molecule has 1 aliphatic rings. The summed E-state index contributed by atoms with van der Waals surface area (Å²) in [6.45, 7) is 6.26. The van der Waals surface area contributed by atoms with E-state index in [4.69, 9.17) is 4.74 Å². The van der Waals surface area contributed by atoms with Crippen LogP contribution in [-0.2, 0) is 4.74 Å². The molecule has 0 aliphatic carbocycles. The Morgan fingerprint density at radius 3 is 2.65 bits per heavy atom. The number of amides is 2. The second-order valence-corrected chi connectivity index (χ2v) is 7.01. The number of carbonyl (C=O) groups excluding carboxylic acids is 2. The van der Waals surface area contributed by atoms with Crippen molar-refractivity contribution in [3.63, 3.8) is 0 Å². The molecule has 2 aromatic rings. The number of nitrogens with one attached hydrogen (secondary N) is 1. The lowest BCUT2D eigenvalue weighted by Crippen LogP contribution is -2.52. The number of halogens is 1. The molecule has 3 heterocycles. The van der Waals surface area contributed by atoms with Crippen LogP contribution in [0.5, 0.6) is 0 Å². The largest absolute Gasteiger partial charge is 0.444 e. The molecular formula is C17H20FN5O3.